The number of ether oxygens (including phenoxy) is 2. The van der Waals surface area contributed by atoms with E-state index in [9.17, 15) is 13.2 Å². The Bertz CT molecular complexity index is 900. The van der Waals surface area contributed by atoms with Crippen LogP contribution in [0, 0.1) is 0 Å². The van der Waals surface area contributed by atoms with Crippen molar-refractivity contribution in [3.05, 3.63) is 53.1 Å². The van der Waals surface area contributed by atoms with Crippen molar-refractivity contribution < 1.29 is 22.7 Å². The van der Waals surface area contributed by atoms with Crippen LogP contribution in [-0.4, -0.2) is 41.2 Å². The number of benzene rings is 2. The molecule has 0 unspecified atom stereocenters. The number of carbonyl (C=O) groups is 1. The minimum absolute atomic E-state index is 0.0643. The summed E-state index contributed by atoms with van der Waals surface area (Å²) in [6.45, 7) is 1.95. The van der Waals surface area contributed by atoms with Gasteiger partial charge in [-0.2, -0.15) is 0 Å². The van der Waals surface area contributed by atoms with Gasteiger partial charge in [-0.1, -0.05) is 11.6 Å². The minimum Gasteiger partial charge on any atom is -0.495 e. The first-order valence-corrected chi connectivity index (χ1v) is 9.89. The molecule has 0 aromatic heterocycles. The molecular weight excluding hydrogens is 392 g/mol. The Balaban J connectivity index is 2.10. The van der Waals surface area contributed by atoms with Crippen LogP contribution in [0.5, 0.6) is 5.75 Å². The van der Waals surface area contributed by atoms with Crippen molar-refractivity contribution in [2.24, 2.45) is 0 Å². The fraction of sp³-hybridized carbons (Fsp3) is 0.278. The molecule has 1 atom stereocenters. The lowest BCUT2D eigenvalue weighted by molar-refractivity contribution is 0.102. The summed E-state index contributed by atoms with van der Waals surface area (Å²) < 4.78 is 37.1. The van der Waals surface area contributed by atoms with Gasteiger partial charge in [-0.25, -0.2) is 13.1 Å². The normalized spacial score (nSPS) is 12.4. The SMILES string of the molecule is COC[C@H](C)NS(=O)(=O)c1ccc(C(=O)Nc2ccc(OC)c(Cl)c2)cc1. The third-order valence-corrected chi connectivity index (χ3v) is 5.51. The second kappa shape index (κ2) is 9.18. The molecule has 0 fully saturated rings. The van der Waals surface area contributed by atoms with Crippen molar-refractivity contribution in [1.82, 2.24) is 4.72 Å². The second-order valence-electron chi connectivity index (χ2n) is 5.81. The minimum atomic E-state index is -3.69. The molecule has 0 spiro atoms. The van der Waals surface area contributed by atoms with Gasteiger partial charge >= 0.3 is 0 Å². The van der Waals surface area contributed by atoms with Crippen molar-refractivity contribution in [2.45, 2.75) is 17.9 Å². The molecule has 2 N–H and O–H groups in total. The number of rotatable bonds is 8. The Kier molecular flexibility index (Phi) is 7.20. The molecule has 0 aliphatic heterocycles. The third kappa shape index (κ3) is 5.67. The number of hydrogen-bond acceptors (Lipinski definition) is 5. The maximum atomic E-state index is 12.3. The second-order valence-corrected chi connectivity index (χ2v) is 7.93. The van der Waals surface area contributed by atoms with Crippen molar-refractivity contribution in [2.75, 3.05) is 26.1 Å². The molecular formula is C18H21ClN2O5S. The first kappa shape index (κ1) is 21.2. The van der Waals surface area contributed by atoms with Gasteiger partial charge < -0.3 is 14.8 Å². The van der Waals surface area contributed by atoms with E-state index in [0.717, 1.165) is 0 Å². The summed E-state index contributed by atoms with van der Waals surface area (Å²) in [6, 6.07) is 10.1. The average molecular weight is 413 g/mol. The number of methoxy groups -OCH3 is 2. The van der Waals surface area contributed by atoms with E-state index in [-0.39, 0.29) is 23.5 Å². The summed E-state index contributed by atoms with van der Waals surface area (Å²) in [7, 11) is -0.695. The smallest absolute Gasteiger partial charge is 0.255 e. The highest BCUT2D eigenvalue weighted by molar-refractivity contribution is 7.89. The molecule has 2 aromatic rings. The standard InChI is InChI=1S/C18H21ClN2O5S/c1-12(11-25-2)21-27(23,24)15-7-4-13(5-8-15)18(22)20-14-6-9-17(26-3)16(19)10-14/h4-10,12,21H,11H2,1-3H3,(H,20,22)/t12-/m0/s1. The predicted octanol–water partition coefficient (Wildman–Crippen LogP) is 2.91. The summed E-state index contributed by atoms with van der Waals surface area (Å²) in [5.74, 6) is 0.111. The lowest BCUT2D eigenvalue weighted by Gasteiger charge is -2.13. The molecule has 27 heavy (non-hydrogen) atoms. The Morgan fingerprint density at radius 2 is 1.81 bits per heavy atom. The van der Waals surface area contributed by atoms with Gasteiger partial charge in [-0.3, -0.25) is 4.79 Å². The van der Waals surface area contributed by atoms with Gasteiger partial charge in [0, 0.05) is 24.4 Å². The summed E-state index contributed by atoms with van der Waals surface area (Å²) in [5.41, 5.74) is 0.809. The number of nitrogens with one attached hydrogen (secondary N) is 2. The number of amides is 1. The molecule has 2 aromatic carbocycles. The largest absolute Gasteiger partial charge is 0.495 e. The van der Waals surface area contributed by atoms with Crippen LogP contribution in [0.1, 0.15) is 17.3 Å². The number of carbonyl (C=O) groups excluding carboxylic acids is 1. The van der Waals surface area contributed by atoms with Crippen molar-refractivity contribution in [1.29, 1.82) is 0 Å². The number of sulfonamides is 1. The van der Waals surface area contributed by atoms with Gasteiger partial charge in [0.1, 0.15) is 5.75 Å². The topological polar surface area (TPSA) is 93.7 Å². The Labute approximate surface area is 163 Å². The molecule has 2 rings (SSSR count). The average Bonchev–Trinajstić information content (AvgIpc) is 2.61. The zero-order chi connectivity index (χ0) is 20.0. The van der Waals surface area contributed by atoms with E-state index in [1.165, 1.54) is 38.5 Å². The van der Waals surface area contributed by atoms with Gasteiger partial charge in [0.15, 0.2) is 0 Å². The highest BCUT2D eigenvalue weighted by Gasteiger charge is 2.18. The molecule has 0 aliphatic rings. The van der Waals surface area contributed by atoms with Gasteiger partial charge in [-0.15, -0.1) is 0 Å². The van der Waals surface area contributed by atoms with Crippen LogP contribution in [0.25, 0.3) is 0 Å². The molecule has 9 heteroatoms. The van der Waals surface area contributed by atoms with Gasteiger partial charge in [0.25, 0.3) is 5.91 Å². The highest BCUT2D eigenvalue weighted by atomic mass is 35.5. The number of halogens is 1. The summed E-state index contributed by atoms with van der Waals surface area (Å²) in [6.07, 6.45) is 0. The predicted molar refractivity (Wildman–Crippen MR) is 104 cm³/mol. The zero-order valence-corrected chi connectivity index (χ0v) is 16.7. The summed E-state index contributed by atoms with van der Waals surface area (Å²) in [4.78, 5) is 12.4. The van der Waals surface area contributed by atoms with E-state index in [1.807, 2.05) is 0 Å². The van der Waals surface area contributed by atoms with E-state index in [1.54, 1.807) is 25.1 Å². The lowest BCUT2D eigenvalue weighted by atomic mass is 10.2. The van der Waals surface area contributed by atoms with Crippen molar-refractivity contribution in [3.63, 3.8) is 0 Å². The van der Waals surface area contributed by atoms with Crippen LogP contribution in [0.15, 0.2) is 47.4 Å². The van der Waals surface area contributed by atoms with E-state index in [0.29, 0.717) is 22.0 Å². The first-order valence-electron chi connectivity index (χ1n) is 8.03. The summed E-state index contributed by atoms with van der Waals surface area (Å²) >= 11 is 6.03. The molecule has 0 radical (unpaired) electrons. The maximum Gasteiger partial charge on any atom is 0.255 e. The van der Waals surface area contributed by atoms with Crippen molar-refractivity contribution >= 4 is 33.2 Å². The Morgan fingerprint density at radius 1 is 1.15 bits per heavy atom. The third-order valence-electron chi connectivity index (χ3n) is 3.61. The highest BCUT2D eigenvalue weighted by Crippen LogP contribution is 2.27. The number of anilines is 1. The van der Waals surface area contributed by atoms with Crippen LogP contribution in [-0.2, 0) is 14.8 Å². The molecule has 0 saturated heterocycles. The summed E-state index contributed by atoms with van der Waals surface area (Å²) in [5, 5.41) is 3.07. The van der Waals surface area contributed by atoms with E-state index >= 15 is 0 Å². The molecule has 146 valence electrons. The van der Waals surface area contributed by atoms with E-state index in [2.05, 4.69) is 10.0 Å². The molecule has 0 bridgehead atoms. The molecule has 1 amide bonds. The van der Waals surface area contributed by atoms with Crippen LogP contribution in [0.3, 0.4) is 0 Å². The van der Waals surface area contributed by atoms with E-state index < -0.39 is 10.0 Å². The number of hydrogen-bond donors (Lipinski definition) is 2. The fourth-order valence-electron chi connectivity index (χ4n) is 2.35. The van der Waals surface area contributed by atoms with Crippen LogP contribution < -0.4 is 14.8 Å². The zero-order valence-electron chi connectivity index (χ0n) is 15.2. The quantitative estimate of drug-likeness (QED) is 0.695. The van der Waals surface area contributed by atoms with E-state index in [4.69, 9.17) is 21.1 Å². The van der Waals surface area contributed by atoms with Crippen LogP contribution in [0.2, 0.25) is 5.02 Å². The molecule has 0 aliphatic carbocycles. The van der Waals surface area contributed by atoms with Crippen molar-refractivity contribution in [3.8, 4) is 5.75 Å². The Morgan fingerprint density at radius 3 is 2.37 bits per heavy atom. The maximum absolute atomic E-state index is 12.3. The molecule has 0 saturated carbocycles. The molecule has 7 nitrogen and oxygen atoms in total. The van der Waals surface area contributed by atoms with Gasteiger partial charge in [-0.05, 0) is 49.4 Å². The van der Waals surface area contributed by atoms with Crippen LogP contribution >= 0.6 is 11.6 Å². The Hall–Kier alpha value is -2.13. The lowest BCUT2D eigenvalue weighted by Crippen LogP contribution is -2.35. The van der Waals surface area contributed by atoms with Gasteiger partial charge in [0.2, 0.25) is 10.0 Å². The van der Waals surface area contributed by atoms with Crippen LogP contribution in [0.4, 0.5) is 5.69 Å². The first-order chi connectivity index (χ1) is 12.8. The van der Waals surface area contributed by atoms with Gasteiger partial charge in [0.05, 0.1) is 23.6 Å². The monoisotopic (exact) mass is 412 g/mol. The fourth-order valence-corrected chi connectivity index (χ4v) is 3.84. The molecule has 0 heterocycles.